The van der Waals surface area contributed by atoms with Crippen LogP contribution in [-0.4, -0.2) is 34.0 Å². The van der Waals surface area contributed by atoms with Crippen LogP contribution in [0, 0.1) is 0 Å². The number of rotatable bonds is 1. The molecule has 4 heteroatoms. The Labute approximate surface area is 79.2 Å². The summed E-state index contributed by atoms with van der Waals surface area (Å²) < 4.78 is 0. The van der Waals surface area contributed by atoms with Crippen LogP contribution >= 0.6 is 15.9 Å². The minimum Gasteiger partial charge on any atom is -0.338 e. The third-order valence-corrected chi connectivity index (χ3v) is 3.27. The van der Waals surface area contributed by atoms with E-state index in [2.05, 4.69) is 15.9 Å². The Balaban J connectivity index is 2.08. The van der Waals surface area contributed by atoms with E-state index in [0.717, 1.165) is 12.8 Å². The average molecular weight is 232 g/mol. The number of alkyl halides is 1. The Bertz CT molecular complexity index is 237. The van der Waals surface area contributed by atoms with Crippen molar-refractivity contribution in [1.82, 2.24) is 4.90 Å². The predicted octanol–water partition coefficient (Wildman–Crippen LogP) is 0.714. The van der Waals surface area contributed by atoms with Gasteiger partial charge in [0.25, 0.3) is 0 Å². The molecular formula is C8H10BrNO2. The zero-order valence-corrected chi connectivity index (χ0v) is 8.21. The fourth-order valence-electron chi connectivity index (χ4n) is 1.50. The zero-order chi connectivity index (χ0) is 8.72. The molecule has 0 aromatic heterocycles. The molecule has 3 nitrogen and oxygen atoms in total. The molecule has 0 bridgehead atoms. The van der Waals surface area contributed by atoms with Crippen molar-refractivity contribution < 1.29 is 9.59 Å². The monoisotopic (exact) mass is 231 g/mol. The van der Waals surface area contributed by atoms with E-state index in [1.54, 1.807) is 0 Å². The largest absolute Gasteiger partial charge is 0.338 e. The number of hydrogen-bond acceptors (Lipinski definition) is 2. The van der Waals surface area contributed by atoms with E-state index < -0.39 is 4.83 Å². The van der Waals surface area contributed by atoms with Crippen molar-refractivity contribution in [2.75, 3.05) is 6.54 Å². The van der Waals surface area contributed by atoms with E-state index >= 15 is 0 Å². The first kappa shape index (κ1) is 8.23. The number of likely N-dealkylation sites (tertiary alicyclic amines) is 1. The maximum atomic E-state index is 11.5. The maximum Gasteiger partial charge on any atom is 0.244 e. The summed E-state index contributed by atoms with van der Waals surface area (Å²) in [5.41, 5.74) is 0. The van der Waals surface area contributed by atoms with Crippen molar-refractivity contribution in [2.45, 2.75) is 30.1 Å². The molecular weight excluding hydrogens is 222 g/mol. The van der Waals surface area contributed by atoms with Gasteiger partial charge in [-0.3, -0.25) is 9.59 Å². The number of amides is 1. The van der Waals surface area contributed by atoms with Crippen molar-refractivity contribution in [3.63, 3.8) is 0 Å². The van der Waals surface area contributed by atoms with Crippen LogP contribution in [0.4, 0.5) is 0 Å². The molecule has 0 radical (unpaired) electrons. The molecule has 2 aliphatic rings. The Morgan fingerprint density at radius 3 is 2.58 bits per heavy atom. The maximum absolute atomic E-state index is 11.5. The summed E-state index contributed by atoms with van der Waals surface area (Å²) in [6.07, 6.45) is 2.73. The zero-order valence-electron chi connectivity index (χ0n) is 6.62. The van der Waals surface area contributed by atoms with Crippen LogP contribution in [0.5, 0.6) is 0 Å². The number of nitrogens with zero attached hydrogens (tertiary/aromatic N) is 1. The van der Waals surface area contributed by atoms with Crippen molar-refractivity contribution in [1.29, 1.82) is 0 Å². The molecule has 12 heavy (non-hydrogen) atoms. The minimum atomic E-state index is -0.563. The Morgan fingerprint density at radius 1 is 1.33 bits per heavy atom. The fraction of sp³-hybridized carbons (Fsp3) is 0.750. The lowest BCUT2D eigenvalue weighted by molar-refractivity contribution is -0.138. The molecule has 1 aliphatic carbocycles. The van der Waals surface area contributed by atoms with Crippen LogP contribution in [0.15, 0.2) is 0 Å². The highest BCUT2D eigenvalue weighted by molar-refractivity contribution is 9.10. The summed E-state index contributed by atoms with van der Waals surface area (Å²) >= 11 is 3.11. The van der Waals surface area contributed by atoms with Crippen molar-refractivity contribution in [2.24, 2.45) is 0 Å². The van der Waals surface area contributed by atoms with Crippen LogP contribution in [-0.2, 0) is 9.59 Å². The summed E-state index contributed by atoms with van der Waals surface area (Å²) in [4.78, 5) is 23.8. The van der Waals surface area contributed by atoms with Gasteiger partial charge in [0.05, 0.1) is 0 Å². The standard InChI is InChI=1S/C8H10BrNO2/c9-7-6(11)3-4-10(8(7)12)5-1-2-5/h5,7H,1-4H2. The number of carbonyl (C=O) groups excluding carboxylic acids is 2. The molecule has 1 saturated carbocycles. The van der Waals surface area contributed by atoms with Crippen molar-refractivity contribution in [3.8, 4) is 0 Å². The number of piperidine rings is 1. The van der Waals surface area contributed by atoms with Gasteiger partial charge in [-0.1, -0.05) is 15.9 Å². The molecule has 0 aromatic rings. The van der Waals surface area contributed by atoms with Gasteiger partial charge < -0.3 is 4.90 Å². The molecule has 1 saturated heterocycles. The van der Waals surface area contributed by atoms with Gasteiger partial charge in [0.15, 0.2) is 10.6 Å². The van der Waals surface area contributed by atoms with Crippen molar-refractivity contribution in [3.05, 3.63) is 0 Å². The molecule has 1 unspecified atom stereocenters. The molecule has 2 rings (SSSR count). The lowest BCUT2D eigenvalue weighted by Gasteiger charge is -2.28. The number of halogens is 1. The van der Waals surface area contributed by atoms with Gasteiger partial charge >= 0.3 is 0 Å². The van der Waals surface area contributed by atoms with E-state index in [0.29, 0.717) is 19.0 Å². The lowest BCUT2D eigenvalue weighted by Crippen LogP contribution is -2.47. The van der Waals surface area contributed by atoms with Crippen molar-refractivity contribution >= 4 is 27.6 Å². The summed E-state index contributed by atoms with van der Waals surface area (Å²) in [7, 11) is 0. The van der Waals surface area contributed by atoms with Gasteiger partial charge in [-0.25, -0.2) is 0 Å². The highest BCUT2D eigenvalue weighted by Crippen LogP contribution is 2.30. The highest BCUT2D eigenvalue weighted by atomic mass is 79.9. The highest BCUT2D eigenvalue weighted by Gasteiger charge is 2.40. The molecule has 1 heterocycles. The second kappa shape index (κ2) is 2.83. The molecule has 1 atom stereocenters. The Hall–Kier alpha value is -0.380. The van der Waals surface area contributed by atoms with E-state index in [9.17, 15) is 9.59 Å². The average Bonchev–Trinajstić information content (AvgIpc) is 2.84. The molecule has 66 valence electrons. The summed E-state index contributed by atoms with van der Waals surface area (Å²) in [6.45, 7) is 0.629. The summed E-state index contributed by atoms with van der Waals surface area (Å²) in [6, 6.07) is 0.436. The third kappa shape index (κ3) is 1.28. The smallest absolute Gasteiger partial charge is 0.244 e. The number of hydrogen-bond donors (Lipinski definition) is 0. The topological polar surface area (TPSA) is 37.4 Å². The molecule has 2 fully saturated rings. The Morgan fingerprint density at radius 2 is 2.00 bits per heavy atom. The second-order valence-corrected chi connectivity index (χ2v) is 4.26. The predicted molar refractivity (Wildman–Crippen MR) is 47.1 cm³/mol. The van der Waals surface area contributed by atoms with E-state index in [4.69, 9.17) is 0 Å². The van der Waals surface area contributed by atoms with E-state index in [1.165, 1.54) is 0 Å². The normalized spacial score (nSPS) is 31.1. The SMILES string of the molecule is O=C1CCN(C2CC2)C(=O)C1Br. The first-order valence-electron chi connectivity index (χ1n) is 4.17. The van der Waals surface area contributed by atoms with E-state index in [1.807, 2.05) is 4.90 Å². The van der Waals surface area contributed by atoms with Crippen LogP contribution in [0.3, 0.4) is 0 Å². The van der Waals surface area contributed by atoms with E-state index in [-0.39, 0.29) is 11.7 Å². The van der Waals surface area contributed by atoms with Crippen LogP contribution in [0.2, 0.25) is 0 Å². The second-order valence-electron chi connectivity index (χ2n) is 3.34. The molecule has 0 N–H and O–H groups in total. The van der Waals surface area contributed by atoms with Crippen LogP contribution in [0.1, 0.15) is 19.3 Å². The number of Topliss-reactive ketones (excluding diaryl/α,β-unsaturated/α-hetero) is 1. The third-order valence-electron chi connectivity index (χ3n) is 2.37. The first-order valence-corrected chi connectivity index (χ1v) is 5.09. The van der Waals surface area contributed by atoms with Gasteiger partial charge in [-0.05, 0) is 12.8 Å². The first-order chi connectivity index (χ1) is 5.70. The lowest BCUT2D eigenvalue weighted by atomic mass is 10.1. The quantitative estimate of drug-likeness (QED) is 0.493. The van der Waals surface area contributed by atoms with Gasteiger partial charge in [0, 0.05) is 19.0 Å². The number of ketones is 1. The van der Waals surface area contributed by atoms with Crippen LogP contribution < -0.4 is 0 Å². The summed E-state index contributed by atoms with van der Waals surface area (Å²) in [5, 5.41) is 0. The fourth-order valence-corrected chi connectivity index (χ4v) is 1.99. The molecule has 0 spiro atoms. The van der Waals surface area contributed by atoms with Gasteiger partial charge in [0.1, 0.15) is 0 Å². The summed E-state index contributed by atoms with van der Waals surface area (Å²) in [5.74, 6) is -0.00866. The Kier molecular flexibility index (Phi) is 1.94. The molecule has 0 aromatic carbocycles. The van der Waals surface area contributed by atoms with Gasteiger partial charge in [0.2, 0.25) is 5.91 Å². The van der Waals surface area contributed by atoms with Gasteiger partial charge in [-0.2, -0.15) is 0 Å². The molecule has 1 amide bonds. The molecule has 1 aliphatic heterocycles. The van der Waals surface area contributed by atoms with Gasteiger partial charge in [-0.15, -0.1) is 0 Å². The van der Waals surface area contributed by atoms with Crippen LogP contribution in [0.25, 0.3) is 0 Å². The number of carbonyl (C=O) groups is 2. The minimum absolute atomic E-state index is 0.0249.